The van der Waals surface area contributed by atoms with Crippen LogP contribution in [0.4, 0.5) is 5.82 Å². The Bertz CT molecular complexity index is 1230. The third-order valence-corrected chi connectivity index (χ3v) is 8.80. The summed E-state index contributed by atoms with van der Waals surface area (Å²) < 4.78 is 50.4. The Morgan fingerprint density at radius 3 is 2.49 bits per heavy atom. The lowest BCUT2D eigenvalue weighted by atomic mass is 9.98. The van der Waals surface area contributed by atoms with Crippen molar-refractivity contribution in [3.8, 4) is 11.1 Å². The van der Waals surface area contributed by atoms with Crippen molar-refractivity contribution in [2.24, 2.45) is 0 Å². The molecular formula is C25H31BrN2O5S2. The van der Waals surface area contributed by atoms with Crippen LogP contribution in [0.5, 0.6) is 0 Å². The maximum atomic E-state index is 14.1. The molecule has 0 aliphatic rings. The Morgan fingerprint density at radius 1 is 1.06 bits per heavy atom. The van der Waals surface area contributed by atoms with Crippen LogP contribution in [0.3, 0.4) is 0 Å². The molecule has 35 heavy (non-hydrogen) atoms. The van der Waals surface area contributed by atoms with Crippen LogP contribution in [-0.2, 0) is 36.2 Å². The van der Waals surface area contributed by atoms with Gasteiger partial charge in [0.05, 0.1) is 24.7 Å². The molecule has 0 saturated heterocycles. The van der Waals surface area contributed by atoms with Crippen LogP contribution in [0.25, 0.3) is 11.1 Å². The summed E-state index contributed by atoms with van der Waals surface area (Å²) in [5.74, 6) is 0.379. The van der Waals surface area contributed by atoms with E-state index < -0.39 is 10.0 Å². The first-order chi connectivity index (χ1) is 16.8. The summed E-state index contributed by atoms with van der Waals surface area (Å²) in [5.41, 5.74) is 4.24. The lowest BCUT2D eigenvalue weighted by Gasteiger charge is -2.25. The van der Waals surface area contributed by atoms with E-state index in [1.54, 1.807) is 19.2 Å². The average molecular weight is 584 g/mol. The van der Waals surface area contributed by atoms with Crippen molar-refractivity contribution in [1.29, 1.82) is 0 Å². The zero-order valence-electron chi connectivity index (χ0n) is 20.4. The van der Waals surface area contributed by atoms with E-state index in [1.165, 1.54) is 15.8 Å². The third-order valence-electron chi connectivity index (χ3n) is 5.54. The number of hydrogen-bond acceptors (Lipinski definition) is 7. The number of aromatic nitrogens is 1. The van der Waals surface area contributed by atoms with Crippen LogP contribution in [0.15, 0.2) is 47.4 Å². The molecule has 190 valence electrons. The van der Waals surface area contributed by atoms with Gasteiger partial charge in [-0.1, -0.05) is 52.3 Å². The number of benzene rings is 2. The lowest BCUT2D eigenvalue weighted by Crippen LogP contribution is -2.35. The van der Waals surface area contributed by atoms with Gasteiger partial charge < -0.3 is 14.2 Å². The molecule has 0 bridgehead atoms. The highest BCUT2D eigenvalue weighted by molar-refractivity contribution is 9.08. The minimum Gasteiger partial charge on any atom is -0.382 e. The second-order valence-electron chi connectivity index (χ2n) is 7.83. The maximum absolute atomic E-state index is 14.1. The number of halogens is 1. The van der Waals surface area contributed by atoms with Crippen LogP contribution in [0, 0.1) is 13.8 Å². The normalized spacial score (nSPS) is 11.7. The second kappa shape index (κ2) is 12.9. The van der Waals surface area contributed by atoms with Crippen molar-refractivity contribution in [2.75, 3.05) is 38.0 Å². The topological polar surface area (TPSA) is 78.0 Å². The molecule has 0 unspecified atom stereocenters. The summed E-state index contributed by atoms with van der Waals surface area (Å²) in [5, 5.41) is 0.696. The molecular weight excluding hydrogens is 552 g/mol. The molecule has 0 saturated carbocycles. The predicted octanol–water partition coefficient (Wildman–Crippen LogP) is 5.67. The summed E-state index contributed by atoms with van der Waals surface area (Å²) >= 11 is 4.78. The average Bonchev–Trinajstić information content (AvgIpc) is 3.20. The van der Waals surface area contributed by atoms with Crippen molar-refractivity contribution in [3.63, 3.8) is 0 Å². The lowest BCUT2D eigenvalue weighted by molar-refractivity contribution is 0.0754. The fourth-order valence-electron chi connectivity index (χ4n) is 3.53. The highest BCUT2D eigenvalue weighted by Crippen LogP contribution is 2.36. The zero-order valence-corrected chi connectivity index (χ0v) is 23.6. The van der Waals surface area contributed by atoms with Gasteiger partial charge >= 0.3 is 0 Å². The fourth-order valence-corrected chi connectivity index (χ4v) is 6.18. The van der Waals surface area contributed by atoms with Gasteiger partial charge in [-0.3, -0.25) is 0 Å². The first kappa shape index (κ1) is 27.8. The number of nitrogens with zero attached hydrogens (tertiary/aromatic N) is 2. The molecule has 1 heterocycles. The molecule has 3 aromatic rings. The zero-order chi connectivity index (χ0) is 25.4. The highest BCUT2D eigenvalue weighted by Gasteiger charge is 2.31. The Hall–Kier alpha value is -1.82. The Balaban J connectivity index is 2.12. The third kappa shape index (κ3) is 6.49. The number of hydrogen-bond donors (Lipinski definition) is 0. The molecule has 1 aromatic heterocycles. The number of aryl methyl sites for hydroxylation is 1. The van der Waals surface area contributed by atoms with Crippen LogP contribution < -0.4 is 4.31 Å². The standard InChI is InChI=1S/C25H31BrN2O5S2/c1-5-32-16-21-14-20(15-26)10-11-22(21)23-8-6-7-9-24(23)35(29,30)28(17-33-13-12-31-4)25-18(2)19(3)34-27-25/h6-11,14H,5,12-13,15-17H2,1-4H3. The van der Waals surface area contributed by atoms with E-state index in [2.05, 4.69) is 20.3 Å². The van der Waals surface area contributed by atoms with Gasteiger partial charge in [-0.05, 0) is 55.1 Å². The quantitative estimate of drug-likeness (QED) is 0.147. The summed E-state index contributed by atoms with van der Waals surface area (Å²) in [6, 6.07) is 13.0. The number of alkyl halides is 1. The SMILES string of the molecule is CCOCc1cc(CBr)ccc1-c1ccccc1S(=O)(=O)N(COCCOC)c1nsc(C)c1C. The second-order valence-corrected chi connectivity index (χ2v) is 11.2. The summed E-state index contributed by atoms with van der Waals surface area (Å²) in [6.45, 7) is 7.13. The minimum atomic E-state index is -4.02. The van der Waals surface area contributed by atoms with E-state index in [0.29, 0.717) is 36.5 Å². The first-order valence-electron chi connectivity index (χ1n) is 11.2. The van der Waals surface area contributed by atoms with Crippen LogP contribution in [0.1, 0.15) is 28.5 Å². The molecule has 2 aromatic carbocycles. The molecule has 0 atom stereocenters. The van der Waals surface area contributed by atoms with Crippen LogP contribution in [-0.4, -0.2) is 46.5 Å². The van der Waals surface area contributed by atoms with Gasteiger partial charge in [0, 0.05) is 35.1 Å². The van der Waals surface area contributed by atoms with Gasteiger partial charge in [0.1, 0.15) is 6.73 Å². The van der Waals surface area contributed by atoms with Crippen molar-refractivity contribution < 1.29 is 22.6 Å². The van der Waals surface area contributed by atoms with Crippen molar-refractivity contribution in [3.05, 3.63) is 64.0 Å². The van der Waals surface area contributed by atoms with Crippen molar-refractivity contribution >= 4 is 43.3 Å². The molecule has 0 radical (unpaired) electrons. The molecule has 3 rings (SSSR count). The Labute approximate surface area is 220 Å². The fraction of sp³-hybridized carbons (Fsp3) is 0.400. The molecule has 10 heteroatoms. The van der Waals surface area contributed by atoms with Gasteiger partial charge in [-0.25, -0.2) is 12.7 Å². The smallest absolute Gasteiger partial charge is 0.268 e. The Morgan fingerprint density at radius 2 is 1.83 bits per heavy atom. The number of ether oxygens (including phenoxy) is 3. The molecule has 0 fully saturated rings. The number of anilines is 1. The van der Waals surface area contributed by atoms with Gasteiger partial charge in [-0.2, -0.15) is 4.37 Å². The Kier molecular flexibility index (Phi) is 10.3. The van der Waals surface area contributed by atoms with E-state index >= 15 is 0 Å². The van der Waals surface area contributed by atoms with Gasteiger partial charge in [0.25, 0.3) is 10.0 Å². The monoisotopic (exact) mass is 582 g/mol. The molecule has 0 spiro atoms. The summed E-state index contributed by atoms with van der Waals surface area (Å²) in [7, 11) is -2.45. The van der Waals surface area contributed by atoms with E-state index in [0.717, 1.165) is 27.1 Å². The van der Waals surface area contributed by atoms with Crippen LogP contribution >= 0.6 is 27.5 Å². The van der Waals surface area contributed by atoms with E-state index in [9.17, 15) is 8.42 Å². The number of rotatable bonds is 13. The van der Waals surface area contributed by atoms with Crippen LogP contribution in [0.2, 0.25) is 0 Å². The van der Waals surface area contributed by atoms with Gasteiger partial charge in [-0.15, -0.1) is 0 Å². The van der Waals surface area contributed by atoms with Crippen molar-refractivity contribution in [1.82, 2.24) is 4.37 Å². The molecule has 0 aliphatic heterocycles. The van der Waals surface area contributed by atoms with E-state index in [4.69, 9.17) is 14.2 Å². The van der Waals surface area contributed by atoms with Gasteiger partial charge in [0.2, 0.25) is 0 Å². The molecule has 0 aliphatic carbocycles. The summed E-state index contributed by atoms with van der Waals surface area (Å²) in [6.07, 6.45) is 0. The largest absolute Gasteiger partial charge is 0.382 e. The minimum absolute atomic E-state index is 0.168. The first-order valence-corrected chi connectivity index (χ1v) is 14.6. The van der Waals surface area contributed by atoms with E-state index in [-0.39, 0.29) is 18.2 Å². The predicted molar refractivity (Wildman–Crippen MR) is 144 cm³/mol. The highest BCUT2D eigenvalue weighted by atomic mass is 79.9. The summed E-state index contributed by atoms with van der Waals surface area (Å²) in [4.78, 5) is 1.14. The molecule has 0 N–H and O–H groups in total. The van der Waals surface area contributed by atoms with Gasteiger partial charge in [0.15, 0.2) is 5.82 Å². The van der Waals surface area contributed by atoms with Crippen molar-refractivity contribution in [2.45, 2.75) is 37.6 Å². The molecule has 7 nitrogen and oxygen atoms in total. The number of sulfonamides is 1. The van der Waals surface area contributed by atoms with E-state index in [1.807, 2.05) is 51.1 Å². The molecule has 0 amide bonds. The maximum Gasteiger partial charge on any atom is 0.268 e. The number of methoxy groups -OCH3 is 1.